The van der Waals surface area contributed by atoms with Gasteiger partial charge in [0.1, 0.15) is 59.6 Å². The zero-order chi connectivity index (χ0) is 36.1. The second-order valence-electron chi connectivity index (χ2n) is 14.9. The minimum absolute atomic E-state index is 0.0120. The van der Waals surface area contributed by atoms with Crippen molar-refractivity contribution in [1.29, 1.82) is 5.26 Å². The molecule has 1 amide bonds. The highest BCUT2D eigenvalue weighted by Gasteiger charge is 2.52. The average Bonchev–Trinajstić information content (AvgIpc) is 4.03. The van der Waals surface area contributed by atoms with Crippen molar-refractivity contribution in [2.45, 2.75) is 55.9 Å². The maximum atomic E-state index is 17.3. The predicted molar refractivity (Wildman–Crippen MR) is 196 cm³/mol. The number of alkyl halides is 1. The van der Waals surface area contributed by atoms with Gasteiger partial charge in [0.25, 0.3) is 0 Å². The van der Waals surface area contributed by atoms with E-state index in [4.69, 9.17) is 26.8 Å². The van der Waals surface area contributed by atoms with Gasteiger partial charge < -0.3 is 25.0 Å². The Morgan fingerprint density at radius 2 is 2.10 bits per heavy atom. The van der Waals surface area contributed by atoms with Gasteiger partial charge in [-0.25, -0.2) is 13.2 Å². The second-order valence-corrected chi connectivity index (χ2v) is 16.3. The van der Waals surface area contributed by atoms with Crippen LogP contribution in [0.1, 0.15) is 37.7 Å². The number of ether oxygens (including phenoxy) is 2. The number of amides is 1. The maximum Gasteiger partial charge on any atom is 0.241 e. The van der Waals surface area contributed by atoms with Crippen LogP contribution in [0.25, 0.3) is 32.0 Å². The van der Waals surface area contributed by atoms with Gasteiger partial charge in [0.2, 0.25) is 5.91 Å². The van der Waals surface area contributed by atoms with E-state index < -0.39 is 23.3 Å². The normalized spacial score (nSPS) is 25.2. The average molecular weight is 751 g/mol. The number of fused-ring (bicyclic) bond motifs is 2. The molecule has 52 heavy (non-hydrogen) atoms. The zero-order valence-electron chi connectivity index (χ0n) is 28.6. The van der Waals surface area contributed by atoms with E-state index in [9.17, 15) is 14.4 Å². The maximum absolute atomic E-state index is 17.3. The number of hydrogen-bond acceptors (Lipinski definition) is 9. The van der Waals surface area contributed by atoms with E-state index in [0.717, 1.165) is 43.6 Å². The molecule has 0 bridgehead atoms. The number of nitrogens with zero attached hydrogens (tertiary/aromatic N) is 4. The van der Waals surface area contributed by atoms with Gasteiger partial charge in [-0.3, -0.25) is 15.0 Å². The van der Waals surface area contributed by atoms with E-state index in [2.05, 4.69) is 21.2 Å². The molecule has 0 radical (unpaired) electrons. The fourth-order valence-corrected chi connectivity index (χ4v) is 10.1. The number of carbonyl (C=O) groups is 1. The molecule has 1 aliphatic carbocycles. The van der Waals surface area contributed by atoms with Crippen LogP contribution in [-0.2, 0) is 4.79 Å². The molecule has 3 N–H and O–H groups in total. The highest BCUT2D eigenvalue weighted by molar-refractivity contribution is 7.23. The number of benzene rings is 3. The molecule has 4 fully saturated rings. The van der Waals surface area contributed by atoms with Crippen molar-refractivity contribution in [2.24, 2.45) is 5.92 Å². The molecule has 0 spiro atoms. The monoisotopic (exact) mass is 750 g/mol. The van der Waals surface area contributed by atoms with Gasteiger partial charge in [0.05, 0.1) is 38.4 Å². The van der Waals surface area contributed by atoms with Crippen molar-refractivity contribution in [2.75, 3.05) is 63.6 Å². The van der Waals surface area contributed by atoms with E-state index in [1.807, 2.05) is 6.07 Å². The van der Waals surface area contributed by atoms with Crippen LogP contribution < -0.4 is 25.4 Å². The molecule has 1 aromatic heterocycles. The van der Waals surface area contributed by atoms with Crippen molar-refractivity contribution in [3.8, 4) is 28.7 Å². The molecule has 3 aromatic carbocycles. The summed E-state index contributed by atoms with van der Waals surface area (Å²) in [5, 5.41) is 14.2. The molecular formula is C38H38ClF3N6O3S. The van der Waals surface area contributed by atoms with Crippen LogP contribution in [0.2, 0.25) is 5.02 Å². The number of thiophene rings is 1. The Bertz CT molecular complexity index is 2190. The molecule has 9 rings (SSSR count). The summed E-state index contributed by atoms with van der Waals surface area (Å²) in [5.41, 5.74) is 6.56. The highest BCUT2D eigenvalue weighted by Crippen LogP contribution is 2.52. The van der Waals surface area contributed by atoms with Crippen molar-refractivity contribution in [3.05, 3.63) is 46.5 Å². The summed E-state index contributed by atoms with van der Waals surface area (Å²) >= 11 is 8.02. The third-order valence-corrected chi connectivity index (χ3v) is 13.1. The van der Waals surface area contributed by atoms with Gasteiger partial charge in [-0.1, -0.05) is 17.7 Å². The lowest BCUT2D eigenvalue weighted by atomic mass is 9.94. The summed E-state index contributed by atoms with van der Waals surface area (Å²) in [5.74, 6) is 0.0371. The zero-order valence-corrected chi connectivity index (χ0v) is 30.2. The number of carbonyl (C=O) groups excluding carboxylic acids is 1. The molecule has 272 valence electrons. The molecule has 3 saturated heterocycles. The lowest BCUT2D eigenvalue weighted by molar-refractivity contribution is -0.129. The minimum atomic E-state index is -0.926. The Balaban J connectivity index is 1.14. The third kappa shape index (κ3) is 5.44. The molecule has 9 nitrogen and oxygen atoms in total. The van der Waals surface area contributed by atoms with Gasteiger partial charge >= 0.3 is 0 Å². The Morgan fingerprint density at radius 3 is 2.88 bits per heavy atom. The van der Waals surface area contributed by atoms with Crippen LogP contribution in [0.4, 0.5) is 23.9 Å². The van der Waals surface area contributed by atoms with E-state index in [-0.39, 0.29) is 79.1 Å². The fourth-order valence-electron chi connectivity index (χ4n) is 8.82. The molecule has 14 heteroatoms. The summed E-state index contributed by atoms with van der Waals surface area (Å²) in [4.78, 5) is 19.2. The first-order valence-electron chi connectivity index (χ1n) is 17.9. The topological polar surface area (TPSA) is 117 Å². The fraction of sp³-hybridized carbons (Fsp3) is 0.474. The second kappa shape index (κ2) is 12.6. The van der Waals surface area contributed by atoms with Gasteiger partial charge in [-0.2, -0.15) is 5.26 Å². The van der Waals surface area contributed by atoms with Gasteiger partial charge in [-0.15, -0.1) is 11.3 Å². The molecule has 5 heterocycles. The number of rotatable bonds is 9. The predicted octanol–water partition coefficient (Wildman–Crippen LogP) is 6.47. The van der Waals surface area contributed by atoms with Crippen LogP contribution in [0.3, 0.4) is 0 Å². The molecule has 4 aromatic rings. The number of likely N-dealkylation sites (N-methyl/N-ethyl adjacent to an activating group) is 1. The highest BCUT2D eigenvalue weighted by atomic mass is 35.5. The molecule has 0 unspecified atom stereocenters. The number of nitrogens with two attached hydrogens (primary N) is 1. The quantitative estimate of drug-likeness (QED) is 0.187. The van der Waals surface area contributed by atoms with Crippen molar-refractivity contribution in [1.82, 2.24) is 15.1 Å². The molecule has 4 atom stereocenters. The SMILES string of the molecule is CN(CCN1CCOc2c(Cl)c(-c3ccc(F)c4sc(N)c(C#N)c34)c(F)c3cc(OC[C@@]45CCCN4C[C@H](F)C5)cc1c23)C(=O)[C@@H]1N[C@H]1C1CC1. The van der Waals surface area contributed by atoms with Gasteiger partial charge in [0, 0.05) is 61.5 Å². The smallest absolute Gasteiger partial charge is 0.241 e. The van der Waals surface area contributed by atoms with Crippen LogP contribution in [0.15, 0.2) is 24.3 Å². The largest absolute Gasteiger partial charge is 0.492 e. The standard InChI is InChI=1S/C38H38ClF3N6O3S/c1-46(37(49)33-32(45-33)19-3-4-19)9-10-47-11-12-50-34-28-23(13-21(14-26(28)47)51-18-38-7-2-8-48(38)17-20(40)15-38)31(42)29(30(34)39)22-5-6-25(41)35-27(22)24(16-43)36(44)52-35/h5-6,13-14,19-20,32-33,45H,2-4,7-12,15,17-18,44H2,1H3/t20-,32+,33-,38+/m1/s1. The number of nitriles is 1. The van der Waals surface area contributed by atoms with Crippen molar-refractivity contribution < 1.29 is 27.4 Å². The van der Waals surface area contributed by atoms with E-state index in [1.54, 1.807) is 18.0 Å². The van der Waals surface area contributed by atoms with Crippen molar-refractivity contribution >= 4 is 60.4 Å². The van der Waals surface area contributed by atoms with E-state index in [1.165, 1.54) is 12.1 Å². The summed E-state index contributed by atoms with van der Waals surface area (Å²) in [6.45, 7) is 2.92. The number of nitrogens with one attached hydrogen (secondary N) is 1. The summed E-state index contributed by atoms with van der Waals surface area (Å²) in [6.07, 6.45) is 3.55. The van der Waals surface area contributed by atoms with Gasteiger partial charge in [0.15, 0.2) is 0 Å². The van der Waals surface area contributed by atoms with Crippen LogP contribution in [-0.4, -0.2) is 92.5 Å². The first-order chi connectivity index (χ1) is 25.1. The first kappa shape index (κ1) is 33.8. The Morgan fingerprint density at radius 1 is 1.27 bits per heavy atom. The van der Waals surface area contributed by atoms with E-state index >= 15 is 8.78 Å². The third-order valence-electron chi connectivity index (χ3n) is 11.7. The summed E-state index contributed by atoms with van der Waals surface area (Å²) < 4.78 is 60.0. The molecule has 4 aliphatic heterocycles. The van der Waals surface area contributed by atoms with Crippen molar-refractivity contribution in [3.63, 3.8) is 0 Å². The van der Waals surface area contributed by atoms with Crippen LogP contribution in [0.5, 0.6) is 11.5 Å². The number of hydrogen-bond donors (Lipinski definition) is 2. The Kier molecular flexibility index (Phi) is 8.19. The number of anilines is 2. The number of halogens is 4. The Hall–Kier alpha value is -3.96. The molecule has 5 aliphatic rings. The first-order valence-corrected chi connectivity index (χ1v) is 19.1. The number of nitrogen functional groups attached to an aromatic ring is 1. The minimum Gasteiger partial charge on any atom is -0.492 e. The van der Waals surface area contributed by atoms with E-state index in [0.29, 0.717) is 55.3 Å². The van der Waals surface area contributed by atoms with Gasteiger partial charge in [-0.05, 0) is 55.8 Å². The Labute approximate surface area is 308 Å². The van der Waals surface area contributed by atoms with Crippen LogP contribution >= 0.6 is 22.9 Å². The summed E-state index contributed by atoms with van der Waals surface area (Å²) in [7, 11) is 1.80. The lowest BCUT2D eigenvalue weighted by Gasteiger charge is -2.32. The molecule has 1 saturated carbocycles. The lowest BCUT2D eigenvalue weighted by Crippen LogP contribution is -2.43. The molecular weight excluding hydrogens is 713 g/mol. The summed E-state index contributed by atoms with van der Waals surface area (Å²) in [6, 6.07) is 8.27. The van der Waals surface area contributed by atoms with Crippen LogP contribution in [0, 0.1) is 28.9 Å².